The van der Waals surface area contributed by atoms with Crippen LogP contribution in [0, 0.1) is 5.92 Å². The average molecular weight is 723 g/mol. The predicted molar refractivity (Wildman–Crippen MR) is 197 cm³/mol. The zero-order valence-electron chi connectivity index (χ0n) is 35.0. The number of methoxy groups -OCH3 is 1. The second-order valence-electron chi connectivity index (χ2n) is 11.3. The van der Waals surface area contributed by atoms with Crippen molar-refractivity contribution < 1.29 is 38.8 Å². The molecule has 2 atom stereocenters. The van der Waals surface area contributed by atoms with Crippen LogP contribution in [0.1, 0.15) is 53.7 Å². The number of aromatic nitrogens is 1. The third-order valence-corrected chi connectivity index (χ3v) is 10.6. The monoisotopic (exact) mass is 722 g/mol. The third kappa shape index (κ3) is 8.75. The van der Waals surface area contributed by atoms with Crippen LogP contribution < -0.4 is 10.6 Å². The first kappa shape index (κ1) is 27.1. The number of carbonyl (C=O) groups excluding carboxylic acids is 2. The Morgan fingerprint density at radius 3 is 2.28 bits per heavy atom. The van der Waals surface area contributed by atoms with Gasteiger partial charge >= 0.3 is 6.09 Å². The number of hydrogen-bond donors (Lipinski definition) is 3. The maximum absolute atomic E-state index is 14.5. The highest BCUT2D eigenvalue weighted by Gasteiger charge is 2.34. The number of nitrogens with one attached hydrogen (secondary N) is 2. The fourth-order valence-electron chi connectivity index (χ4n) is 5.67. The number of nitrogens with zero attached hydrogens (tertiary/aromatic N) is 2. The van der Waals surface area contributed by atoms with Gasteiger partial charge in [-0.05, 0) is 59.7 Å². The van der Waals surface area contributed by atoms with Crippen LogP contribution in [-0.4, -0.2) is 67.1 Å². The molecule has 0 aliphatic heterocycles. The van der Waals surface area contributed by atoms with Crippen LogP contribution in [0.5, 0.6) is 0 Å². The average Bonchev–Trinajstić information content (AvgIpc) is 3.64. The molecule has 4 aromatic carbocycles. The minimum absolute atomic E-state index is 0.125. The van der Waals surface area contributed by atoms with Crippen LogP contribution in [-0.2, 0) is 26.0 Å². The molecule has 0 bridgehead atoms. The van der Waals surface area contributed by atoms with E-state index in [4.69, 9.17) is 15.7 Å². The lowest BCUT2D eigenvalue weighted by Gasteiger charge is -2.31. The maximum Gasteiger partial charge on any atom is 0.407 e. The molecule has 262 valence electrons. The van der Waals surface area contributed by atoms with Crippen molar-refractivity contribution in [3.8, 4) is 0 Å². The summed E-state index contributed by atoms with van der Waals surface area (Å²) in [4.78, 5) is 30.6. The Morgan fingerprint density at radius 2 is 1.64 bits per heavy atom. The van der Waals surface area contributed by atoms with Gasteiger partial charge < -0.3 is 20.5 Å². The number of thiazole rings is 1. The van der Waals surface area contributed by atoms with Crippen molar-refractivity contribution in [1.82, 2.24) is 14.6 Å². The van der Waals surface area contributed by atoms with E-state index < -0.39 is 77.6 Å². The molecule has 5 aromatic rings. The number of alkyl carbamates (subject to hydrolysis) is 1. The van der Waals surface area contributed by atoms with Gasteiger partial charge in [0.25, 0.3) is 0 Å². The molecule has 10 nitrogen and oxygen atoms in total. The summed E-state index contributed by atoms with van der Waals surface area (Å²) in [6.07, 6.45) is -1.35. The molecular formula is C38H42N4O6S2. The highest BCUT2D eigenvalue weighted by atomic mass is 32.2. The van der Waals surface area contributed by atoms with Crippen molar-refractivity contribution >= 4 is 49.3 Å². The van der Waals surface area contributed by atoms with Gasteiger partial charge in [-0.3, -0.25) is 4.79 Å². The molecule has 0 aliphatic carbocycles. The van der Waals surface area contributed by atoms with E-state index in [-0.39, 0.29) is 22.8 Å². The fourth-order valence-corrected chi connectivity index (χ4v) is 8.00. The highest BCUT2D eigenvalue weighted by Crippen LogP contribution is 2.31. The third-order valence-electron chi connectivity index (χ3n) is 8.07. The second kappa shape index (κ2) is 16.9. The topological polar surface area (TPSA) is 138 Å². The molecule has 50 heavy (non-hydrogen) atoms. The number of sulfonamides is 1. The molecule has 5 rings (SSSR count). The van der Waals surface area contributed by atoms with Gasteiger partial charge in [0, 0.05) is 35.1 Å². The minimum atomic E-state index is -5.07. The Balaban J connectivity index is 1.53. The van der Waals surface area contributed by atoms with E-state index in [1.807, 2.05) is 36.4 Å². The van der Waals surface area contributed by atoms with Gasteiger partial charge in [0.1, 0.15) is 6.04 Å². The molecule has 2 amide bonds. The molecule has 0 fully saturated rings. The van der Waals surface area contributed by atoms with Crippen molar-refractivity contribution in [1.29, 1.82) is 0 Å². The molecule has 12 heteroatoms. The number of anilines is 1. The molecule has 0 saturated carbocycles. The van der Waals surface area contributed by atoms with Gasteiger partial charge in [-0.1, -0.05) is 92.6 Å². The molecule has 0 radical (unpaired) electrons. The van der Waals surface area contributed by atoms with Gasteiger partial charge in [0.15, 0.2) is 0 Å². The van der Waals surface area contributed by atoms with Crippen molar-refractivity contribution in [3.05, 3.63) is 125 Å². The number of para-hydroxylation sites is 1. The summed E-state index contributed by atoms with van der Waals surface area (Å²) >= 11 is 1.10. The van der Waals surface area contributed by atoms with E-state index in [1.165, 1.54) is 24.8 Å². The van der Waals surface area contributed by atoms with Crippen LogP contribution >= 0.6 is 11.3 Å². The van der Waals surface area contributed by atoms with E-state index in [9.17, 15) is 23.1 Å². The quantitative estimate of drug-likeness (QED) is 0.113. The molecule has 0 unspecified atom stereocenters. The Hall–Kier alpha value is -4.62. The molecule has 1 aromatic heterocycles. The summed E-state index contributed by atoms with van der Waals surface area (Å²) < 4.78 is 101. The Bertz CT molecular complexity index is 2240. The molecular weight excluding hydrogens is 673 g/mol. The predicted octanol–water partition coefficient (Wildman–Crippen LogP) is 6.43. The van der Waals surface area contributed by atoms with E-state index in [1.54, 1.807) is 48.5 Å². The highest BCUT2D eigenvalue weighted by molar-refractivity contribution is 7.89. The molecule has 0 saturated heterocycles. The smallest absolute Gasteiger partial charge is 0.407 e. The van der Waals surface area contributed by atoms with Crippen molar-refractivity contribution in [3.63, 3.8) is 0 Å². The molecule has 0 aliphatic rings. The maximum atomic E-state index is 14.5. The summed E-state index contributed by atoms with van der Waals surface area (Å²) in [5.74, 6) is -4.16. The number of ether oxygens (including phenoxy) is 1. The lowest BCUT2D eigenvalue weighted by atomic mass is 9.84. The molecule has 1 heterocycles. The number of benzene rings is 4. The SMILES string of the molecule is [2H]C([2H])([2H])C(C([2H])([2H])[2H])C([2H])([2H])N([C@H](CO)CCc1ccccc1NC(=O)[C@@H](NC(=O)OC)C(c1ccccc1)c1ccccc1)S(=O)(=O)c1ccc2ncsc2c1. The minimum Gasteiger partial charge on any atom is -0.453 e. The second-order valence-corrected chi connectivity index (χ2v) is 14.0. The van der Waals surface area contributed by atoms with Crippen molar-refractivity contribution in [2.24, 2.45) is 5.92 Å². The van der Waals surface area contributed by atoms with E-state index in [0.717, 1.165) is 17.4 Å². The van der Waals surface area contributed by atoms with Crippen LogP contribution in [0.25, 0.3) is 10.2 Å². The largest absolute Gasteiger partial charge is 0.453 e. The van der Waals surface area contributed by atoms with Gasteiger partial charge in [0.05, 0.1) is 34.3 Å². The van der Waals surface area contributed by atoms with Crippen LogP contribution in [0.3, 0.4) is 0 Å². The van der Waals surface area contributed by atoms with Crippen molar-refractivity contribution in [2.45, 2.75) is 49.4 Å². The van der Waals surface area contributed by atoms with Crippen LogP contribution in [0.4, 0.5) is 10.5 Å². The van der Waals surface area contributed by atoms with Gasteiger partial charge in [-0.15, -0.1) is 11.3 Å². The van der Waals surface area contributed by atoms with Crippen molar-refractivity contribution in [2.75, 3.05) is 25.5 Å². The van der Waals surface area contributed by atoms with Crippen LogP contribution in [0.2, 0.25) is 0 Å². The Kier molecular flexibility index (Phi) is 9.15. The first-order chi connectivity index (χ1) is 27.3. The van der Waals surface area contributed by atoms with Gasteiger partial charge in [0.2, 0.25) is 15.9 Å². The summed E-state index contributed by atoms with van der Waals surface area (Å²) in [7, 11) is -3.90. The number of carbonyl (C=O) groups is 2. The van der Waals surface area contributed by atoms with E-state index >= 15 is 0 Å². The van der Waals surface area contributed by atoms with Crippen LogP contribution in [0.15, 0.2) is 114 Å². The molecule has 3 N–H and O–H groups in total. The number of hydrogen-bond acceptors (Lipinski definition) is 8. The lowest BCUT2D eigenvalue weighted by Crippen LogP contribution is -2.48. The number of aliphatic hydroxyl groups excluding tert-OH is 1. The van der Waals surface area contributed by atoms with Gasteiger partial charge in [-0.2, -0.15) is 4.31 Å². The zero-order chi connectivity index (χ0) is 42.5. The van der Waals surface area contributed by atoms with E-state index in [0.29, 0.717) is 26.9 Å². The molecule has 0 spiro atoms. The number of fused-ring (bicyclic) bond motifs is 1. The summed E-state index contributed by atoms with van der Waals surface area (Å²) in [5, 5.41) is 16.3. The zero-order valence-corrected chi connectivity index (χ0v) is 28.7. The number of aryl methyl sites for hydroxylation is 1. The van der Waals surface area contributed by atoms with Gasteiger partial charge in [-0.25, -0.2) is 18.2 Å². The summed E-state index contributed by atoms with van der Waals surface area (Å²) in [6, 6.07) is 25.3. The Morgan fingerprint density at radius 1 is 0.980 bits per heavy atom. The Labute approximate surface area is 308 Å². The first-order valence-electron chi connectivity index (χ1n) is 19.6. The summed E-state index contributed by atoms with van der Waals surface area (Å²) in [5.41, 5.74) is 3.97. The number of rotatable bonds is 15. The lowest BCUT2D eigenvalue weighted by molar-refractivity contribution is -0.118. The standard InChI is InChI=1S/C38H42N4O6S2/c1-26(2)23-42(50(46,47)31-20-21-33-34(22-31)49-25-39-33)30(24-43)19-18-27-12-10-11-17-32(27)40-37(44)36(41-38(45)48-3)35(28-13-6-4-7-14-28)29-15-8-5-9-16-29/h4-17,20-22,25-26,30,35-36,43H,18-19,23-24H2,1-3H3,(H,40,44)(H,41,45)/t30-,36-/m0/s1/i1D3,2D3,23D2. The summed E-state index contributed by atoms with van der Waals surface area (Å²) in [6.45, 7) is -11.7. The first-order valence-corrected chi connectivity index (χ1v) is 17.9. The number of aliphatic hydroxyl groups is 1. The number of amides is 2. The normalized spacial score (nSPS) is 16.2. The fraction of sp³-hybridized carbons (Fsp3) is 0.289. The van der Waals surface area contributed by atoms with E-state index in [2.05, 4.69) is 15.6 Å².